The first-order valence-corrected chi connectivity index (χ1v) is 8.58. The van der Waals surface area contributed by atoms with E-state index in [-0.39, 0.29) is 15.9 Å². The van der Waals surface area contributed by atoms with Gasteiger partial charge in [0, 0.05) is 12.2 Å². The quantitative estimate of drug-likeness (QED) is 0.698. The van der Waals surface area contributed by atoms with Crippen molar-refractivity contribution in [3.8, 4) is 5.75 Å². The van der Waals surface area contributed by atoms with Gasteiger partial charge in [-0.1, -0.05) is 41.7 Å². The summed E-state index contributed by atoms with van der Waals surface area (Å²) in [6.45, 7) is 0.341. The maximum absolute atomic E-state index is 12.2. The molecule has 1 heterocycles. The molecule has 0 atom stereocenters. The van der Waals surface area contributed by atoms with Crippen molar-refractivity contribution >= 4 is 28.8 Å². The van der Waals surface area contributed by atoms with Crippen LogP contribution in [0.25, 0.3) is 0 Å². The highest BCUT2D eigenvalue weighted by Gasteiger charge is 2.17. The number of para-hydroxylation sites is 1. The Kier molecular flexibility index (Phi) is 5.55. The summed E-state index contributed by atoms with van der Waals surface area (Å²) in [5, 5.41) is 13.3. The third-order valence-corrected chi connectivity index (χ3v) is 4.38. The molecule has 7 nitrogen and oxygen atoms in total. The second-order valence-electron chi connectivity index (χ2n) is 5.26. The molecule has 0 saturated heterocycles. The van der Waals surface area contributed by atoms with Crippen molar-refractivity contribution in [2.45, 2.75) is 6.54 Å². The van der Waals surface area contributed by atoms with E-state index in [1.807, 2.05) is 42.5 Å². The molecule has 0 aliphatic rings. The third-order valence-electron chi connectivity index (χ3n) is 3.46. The number of anilines is 1. The maximum atomic E-state index is 12.2. The minimum Gasteiger partial charge on any atom is -0.497 e. The molecule has 3 rings (SSSR count). The van der Waals surface area contributed by atoms with Crippen LogP contribution in [0.1, 0.15) is 25.2 Å². The summed E-state index contributed by atoms with van der Waals surface area (Å²) in [5.74, 6) is -0.0294. The van der Waals surface area contributed by atoms with Crippen LogP contribution in [0.3, 0.4) is 0 Å². The summed E-state index contributed by atoms with van der Waals surface area (Å²) in [6.07, 6.45) is 0. The first kappa shape index (κ1) is 17.6. The van der Waals surface area contributed by atoms with Crippen molar-refractivity contribution in [1.29, 1.82) is 0 Å². The molecule has 1 aromatic heterocycles. The van der Waals surface area contributed by atoms with Crippen molar-refractivity contribution in [2.75, 3.05) is 12.4 Å². The van der Waals surface area contributed by atoms with Crippen molar-refractivity contribution in [1.82, 2.24) is 15.5 Å². The number of ether oxygens (including phenoxy) is 1. The number of amides is 2. The molecule has 0 spiro atoms. The van der Waals surface area contributed by atoms with Gasteiger partial charge in [0.1, 0.15) is 5.75 Å². The SMILES string of the molecule is COc1ccc(CNC(=O)c2nnc(C(=O)Nc3ccccc3)s2)cc1. The lowest BCUT2D eigenvalue weighted by molar-refractivity contribution is 0.0948. The van der Waals surface area contributed by atoms with E-state index in [0.717, 1.165) is 22.6 Å². The topological polar surface area (TPSA) is 93.2 Å². The van der Waals surface area contributed by atoms with Crippen molar-refractivity contribution in [3.05, 3.63) is 70.2 Å². The molecule has 0 saturated carbocycles. The molecule has 0 unspecified atom stereocenters. The lowest BCUT2D eigenvalue weighted by Crippen LogP contribution is -2.22. The van der Waals surface area contributed by atoms with Crippen molar-refractivity contribution in [2.24, 2.45) is 0 Å². The number of carbonyl (C=O) groups excluding carboxylic acids is 2. The predicted molar refractivity (Wildman–Crippen MR) is 98.5 cm³/mol. The van der Waals surface area contributed by atoms with Crippen LogP contribution in [0, 0.1) is 0 Å². The van der Waals surface area contributed by atoms with Crippen molar-refractivity contribution < 1.29 is 14.3 Å². The summed E-state index contributed by atoms with van der Waals surface area (Å²) in [6, 6.07) is 16.4. The van der Waals surface area contributed by atoms with Crippen LogP contribution >= 0.6 is 11.3 Å². The number of aromatic nitrogens is 2. The highest BCUT2D eigenvalue weighted by molar-refractivity contribution is 7.15. The maximum Gasteiger partial charge on any atom is 0.286 e. The monoisotopic (exact) mass is 368 g/mol. The Hall–Kier alpha value is -3.26. The van der Waals surface area contributed by atoms with Gasteiger partial charge in [-0.3, -0.25) is 9.59 Å². The Morgan fingerprint density at radius 3 is 2.27 bits per heavy atom. The smallest absolute Gasteiger partial charge is 0.286 e. The zero-order valence-electron chi connectivity index (χ0n) is 13.9. The van der Waals surface area contributed by atoms with Crippen LogP contribution in [0.5, 0.6) is 5.75 Å². The molecule has 2 amide bonds. The number of benzene rings is 2. The fourth-order valence-electron chi connectivity index (χ4n) is 2.11. The van der Waals surface area contributed by atoms with Gasteiger partial charge in [-0.25, -0.2) is 0 Å². The van der Waals surface area contributed by atoms with E-state index in [9.17, 15) is 9.59 Å². The van der Waals surface area contributed by atoms with E-state index in [0.29, 0.717) is 12.2 Å². The van der Waals surface area contributed by atoms with Gasteiger partial charge in [0.2, 0.25) is 10.0 Å². The van der Waals surface area contributed by atoms with E-state index >= 15 is 0 Å². The molecule has 3 aromatic rings. The summed E-state index contributed by atoms with van der Waals surface area (Å²) in [5.41, 5.74) is 1.57. The molecule has 26 heavy (non-hydrogen) atoms. The third kappa shape index (κ3) is 4.42. The lowest BCUT2D eigenvalue weighted by atomic mass is 10.2. The average molecular weight is 368 g/mol. The zero-order chi connectivity index (χ0) is 18.4. The number of rotatable bonds is 6. The van der Waals surface area contributed by atoms with E-state index in [4.69, 9.17) is 4.74 Å². The van der Waals surface area contributed by atoms with E-state index in [1.165, 1.54) is 0 Å². The van der Waals surface area contributed by atoms with Gasteiger partial charge in [0.25, 0.3) is 11.8 Å². The highest BCUT2D eigenvalue weighted by atomic mass is 32.1. The van der Waals surface area contributed by atoms with E-state index in [2.05, 4.69) is 20.8 Å². The Morgan fingerprint density at radius 2 is 1.62 bits per heavy atom. The summed E-state index contributed by atoms with van der Waals surface area (Å²) in [7, 11) is 1.60. The van der Waals surface area contributed by atoms with Gasteiger partial charge in [-0.15, -0.1) is 10.2 Å². The predicted octanol–water partition coefficient (Wildman–Crippen LogP) is 2.73. The molecule has 0 fully saturated rings. The molecule has 2 N–H and O–H groups in total. The minimum atomic E-state index is -0.400. The van der Waals surface area contributed by atoms with E-state index < -0.39 is 5.91 Å². The molecular formula is C18H16N4O3S. The van der Waals surface area contributed by atoms with Crippen LogP contribution in [0.15, 0.2) is 54.6 Å². The zero-order valence-corrected chi connectivity index (χ0v) is 14.7. The molecule has 8 heteroatoms. The summed E-state index contributed by atoms with van der Waals surface area (Å²) in [4.78, 5) is 24.3. The first-order chi connectivity index (χ1) is 12.7. The first-order valence-electron chi connectivity index (χ1n) is 7.77. The fourth-order valence-corrected chi connectivity index (χ4v) is 2.77. The van der Waals surface area contributed by atoms with Crippen LogP contribution in [-0.2, 0) is 6.54 Å². The summed E-state index contributed by atoms with van der Waals surface area (Å²) >= 11 is 0.943. The van der Waals surface area contributed by atoms with Crippen LogP contribution < -0.4 is 15.4 Å². The molecule has 132 valence electrons. The number of hydrogen-bond acceptors (Lipinski definition) is 6. The number of nitrogens with one attached hydrogen (secondary N) is 2. The lowest BCUT2D eigenvalue weighted by Gasteiger charge is -2.04. The van der Waals surface area contributed by atoms with Crippen LogP contribution in [0.4, 0.5) is 5.69 Å². The molecule has 0 bridgehead atoms. The fraction of sp³-hybridized carbons (Fsp3) is 0.111. The largest absolute Gasteiger partial charge is 0.497 e. The van der Waals surface area contributed by atoms with Gasteiger partial charge in [0.15, 0.2) is 0 Å². The molecule has 0 radical (unpaired) electrons. The second-order valence-corrected chi connectivity index (χ2v) is 6.24. The Morgan fingerprint density at radius 1 is 0.962 bits per heavy atom. The minimum absolute atomic E-state index is 0.128. The normalized spacial score (nSPS) is 10.2. The summed E-state index contributed by atoms with van der Waals surface area (Å²) < 4.78 is 5.09. The number of carbonyl (C=O) groups is 2. The van der Waals surface area contributed by atoms with Gasteiger partial charge in [-0.05, 0) is 29.8 Å². The molecule has 2 aromatic carbocycles. The van der Waals surface area contributed by atoms with Crippen LogP contribution in [-0.4, -0.2) is 29.1 Å². The highest BCUT2D eigenvalue weighted by Crippen LogP contribution is 2.14. The Labute approximate surface area is 154 Å². The Bertz CT molecular complexity index is 894. The number of hydrogen-bond donors (Lipinski definition) is 2. The molecule has 0 aliphatic heterocycles. The average Bonchev–Trinajstić information content (AvgIpc) is 3.18. The van der Waals surface area contributed by atoms with Gasteiger partial charge in [0.05, 0.1) is 7.11 Å². The van der Waals surface area contributed by atoms with Crippen molar-refractivity contribution in [3.63, 3.8) is 0 Å². The van der Waals surface area contributed by atoms with Gasteiger partial charge in [-0.2, -0.15) is 0 Å². The standard InChI is InChI=1S/C18H16N4O3S/c1-25-14-9-7-12(8-10-14)11-19-15(23)17-21-22-18(26-17)16(24)20-13-5-3-2-4-6-13/h2-10H,11H2,1H3,(H,19,23)(H,20,24). The number of methoxy groups -OCH3 is 1. The Balaban J connectivity index is 1.57. The van der Waals surface area contributed by atoms with Gasteiger partial charge >= 0.3 is 0 Å². The van der Waals surface area contributed by atoms with Crippen LogP contribution in [0.2, 0.25) is 0 Å². The number of nitrogens with zero attached hydrogens (tertiary/aromatic N) is 2. The molecular weight excluding hydrogens is 352 g/mol. The van der Waals surface area contributed by atoms with Gasteiger partial charge < -0.3 is 15.4 Å². The molecule has 0 aliphatic carbocycles. The van der Waals surface area contributed by atoms with E-state index in [1.54, 1.807) is 19.2 Å². The second kappa shape index (κ2) is 8.21.